The van der Waals surface area contributed by atoms with Gasteiger partial charge in [0.25, 0.3) is 8.53 Å². The molecule has 0 radical (unpaired) electrons. The number of ether oxygens (including phenoxy) is 1. The van der Waals surface area contributed by atoms with Crippen molar-refractivity contribution in [2.24, 2.45) is 16.8 Å². The van der Waals surface area contributed by atoms with Crippen molar-refractivity contribution in [2.75, 3.05) is 63.8 Å². The van der Waals surface area contributed by atoms with Crippen LogP contribution in [0.25, 0.3) is 0 Å². The summed E-state index contributed by atoms with van der Waals surface area (Å²) in [4.78, 5) is 40.1. The largest absolute Gasteiger partial charge is 0.446 e. The number of unbranched alkanes of at least 4 members (excludes halogenated alkanes) is 7. The van der Waals surface area contributed by atoms with Gasteiger partial charge < -0.3 is 33.3 Å². The van der Waals surface area contributed by atoms with Crippen LogP contribution in [0.2, 0.25) is 0 Å². The van der Waals surface area contributed by atoms with E-state index in [2.05, 4.69) is 134 Å². The van der Waals surface area contributed by atoms with Crippen molar-refractivity contribution < 1.29 is 45.7 Å². The smallest absolute Gasteiger partial charge is 0.258 e. The minimum atomic E-state index is -1.23. The van der Waals surface area contributed by atoms with Gasteiger partial charge in [0, 0.05) is 77.8 Å². The summed E-state index contributed by atoms with van der Waals surface area (Å²) >= 11 is 12.9. The second-order valence-electron chi connectivity index (χ2n) is 17.3. The number of carbonyl (C=O) groups excluding carboxylic acids is 3. The number of nitrogens with zero attached hydrogens (tertiary/aromatic N) is 4. The molecule has 2 bridgehead atoms. The second-order valence-corrected chi connectivity index (χ2v) is 25.9. The fourth-order valence-corrected chi connectivity index (χ4v) is 15.7. The van der Waals surface area contributed by atoms with Crippen LogP contribution >= 0.6 is 107 Å². The lowest BCUT2D eigenvalue weighted by molar-refractivity contribution is -0.145. The van der Waals surface area contributed by atoms with Gasteiger partial charge in [-0.2, -0.15) is 0 Å². The topological polar surface area (TPSA) is 151 Å². The van der Waals surface area contributed by atoms with Crippen LogP contribution in [0, 0.1) is 11.8 Å². The summed E-state index contributed by atoms with van der Waals surface area (Å²) in [6.07, 6.45) is 19.1. The summed E-state index contributed by atoms with van der Waals surface area (Å²) in [6, 6.07) is 1.30. The molecule has 2 N–H and O–H groups in total. The van der Waals surface area contributed by atoms with E-state index in [0.29, 0.717) is 32.4 Å². The maximum Gasteiger partial charge on any atom is 0.258 e. The van der Waals surface area contributed by atoms with Crippen LogP contribution in [0.5, 0.6) is 0 Å². The molecule has 2 saturated heterocycles. The highest BCUT2D eigenvalue weighted by atomic mass is 33.1. The molecule has 3 aliphatic rings. The number of aliphatic hydroxyl groups excluding tert-OH is 2. The molecule has 23 heteroatoms. The third kappa shape index (κ3) is 33.7. The molecule has 2 amide bonds. The van der Waals surface area contributed by atoms with Crippen molar-refractivity contribution in [1.29, 1.82) is 2.86 Å². The van der Waals surface area contributed by atoms with Gasteiger partial charge in [0.05, 0.1) is 35.9 Å². The number of amides is 2. The van der Waals surface area contributed by atoms with E-state index in [4.69, 9.17) is 28.7 Å². The van der Waals surface area contributed by atoms with E-state index in [9.17, 15) is 9.59 Å². The Bertz CT molecular complexity index is 1340. The monoisotopic (exact) mass is 1220 g/mol. The number of aliphatic hydroxyl groups is 2. The zero-order valence-corrected chi connectivity index (χ0v) is 55.5. The molecule has 0 aliphatic carbocycles. The van der Waals surface area contributed by atoms with Gasteiger partial charge >= 0.3 is 0 Å². The molecular formula is C49H104N4O9P2S8. The number of imide groups is 1. The maximum atomic E-state index is 13.3. The quantitative estimate of drug-likeness (QED) is 0.00554. The minimum Gasteiger partial charge on any atom is -0.446 e. The average molecular weight is 1220 g/mol. The third-order valence-corrected chi connectivity index (χ3v) is 20.0. The highest BCUT2D eigenvalue weighted by molar-refractivity contribution is 8.77. The first kappa shape index (κ1) is 73.4. The van der Waals surface area contributed by atoms with Crippen LogP contribution in [0.3, 0.4) is 0 Å². The fraction of sp³-hybridized carbons (Fsp3) is 0.878. The molecule has 3 heterocycles. The van der Waals surface area contributed by atoms with Gasteiger partial charge in [0.2, 0.25) is 14.7 Å². The predicted molar refractivity (Wildman–Crippen MR) is 339 cm³/mol. The first-order valence-electron chi connectivity index (χ1n) is 27.0. The predicted octanol–water partition coefficient (Wildman–Crippen LogP) is 14.8. The Labute approximate surface area is 486 Å². The summed E-state index contributed by atoms with van der Waals surface area (Å²) in [5, 5.41) is 7.00. The van der Waals surface area contributed by atoms with Crippen LogP contribution in [0.15, 0.2) is 17.1 Å². The van der Waals surface area contributed by atoms with Gasteiger partial charge in [-0.1, -0.05) is 115 Å². The zero-order valence-electron chi connectivity index (χ0n) is 50.8. The van der Waals surface area contributed by atoms with Crippen molar-refractivity contribution in [2.45, 2.75) is 203 Å². The summed E-state index contributed by atoms with van der Waals surface area (Å²) in [6.45, 7) is 29.7. The van der Waals surface area contributed by atoms with Gasteiger partial charge in [0.1, 0.15) is 6.79 Å². The number of likely N-dealkylation sites (tertiary alicyclic amines) is 1. The number of carbonyl (C=O) groups is 3. The van der Waals surface area contributed by atoms with Crippen LogP contribution in [0.1, 0.15) is 170 Å². The van der Waals surface area contributed by atoms with Crippen molar-refractivity contribution in [3.05, 3.63) is 12.2 Å². The Morgan fingerprint density at radius 1 is 0.764 bits per heavy atom. The van der Waals surface area contributed by atoms with Crippen molar-refractivity contribution >= 4 is 132 Å². The van der Waals surface area contributed by atoms with E-state index < -0.39 is 39.9 Å². The number of fused-ring (bicyclic) bond motifs is 5. The van der Waals surface area contributed by atoms with Crippen LogP contribution in [0.4, 0.5) is 0 Å². The number of aliphatic imine (C=N–C) groups is 1. The summed E-state index contributed by atoms with van der Waals surface area (Å²) in [5.41, 5.74) is -1.41. The van der Waals surface area contributed by atoms with E-state index in [1.54, 1.807) is 7.11 Å². The second kappa shape index (κ2) is 54.4. The number of thiol groups is 4. The van der Waals surface area contributed by atoms with Crippen molar-refractivity contribution in [3.63, 3.8) is 0 Å². The van der Waals surface area contributed by atoms with E-state index >= 15 is 0 Å². The molecule has 0 aromatic carbocycles. The zero-order chi connectivity index (χ0) is 59.5. The summed E-state index contributed by atoms with van der Waals surface area (Å²) in [5.74, 6) is 3.74. The molecule has 0 saturated carbocycles. The van der Waals surface area contributed by atoms with Crippen LogP contribution < -0.4 is 0 Å². The standard InChI is InChI=1S/C20H32N3O4P.C19H42NO2PS2.C7H16S2.2CH4O.CH2O.2H2S2/c1-8-21-11-26-28(23(13(2)3)14(4)5)12-22-17(24)15-16(18(22)25)20(7)10-9-19(15,6)27-20;1-7-8-9-13-16-24-25-17-14-11-10-12-15-22-23(21-6)20(18(2)3)19(4)5;1-3-5-7-9-8-6-4-2;5*1-2/h9-11,13-16H,8,12H2,1-7H3;18-19H,7-17H2,1-6H3;3-7H2,1-2H3;2*2H,1H3;1H2;2*1-2H/t15-,16+,19?,20?,28?;;;;;;;/i;1D;2D;2*2T;;;. The van der Waals surface area contributed by atoms with E-state index in [1.165, 1.54) is 94.1 Å². The van der Waals surface area contributed by atoms with E-state index in [-0.39, 0.29) is 30.2 Å². The Balaban J connectivity index is -0.000000321. The average Bonchev–Trinajstić information content (AvgIpc) is 3.95. The van der Waals surface area contributed by atoms with Crippen LogP contribution in [-0.4, -0.2) is 151 Å². The van der Waals surface area contributed by atoms with Crippen LogP contribution in [-0.2, 0) is 32.7 Å². The maximum absolute atomic E-state index is 13.3. The molecule has 72 heavy (non-hydrogen) atoms. The van der Waals surface area contributed by atoms with Gasteiger partial charge in [0.15, 0.2) is 14.7 Å². The van der Waals surface area contributed by atoms with Gasteiger partial charge in [-0.25, -0.2) is 9.34 Å². The summed E-state index contributed by atoms with van der Waals surface area (Å²) in [7, 11) is 10.1. The first-order valence-corrected chi connectivity index (χ1v) is 35.5. The SMILES string of the molecule is C=O.CCN=COP(CN1C(=O)[C@@H]2[C@H](C1=O)C1(C)C=CC2(C)O1)N(C(C)C)C(C)C.SS.SS.[2H]CCCCCCSSCCCCCCOP(OC)N(C(C)C)C(C)C.[2H]CCCSSCCCC.[3H]OC.[3H]OC. The molecule has 3 rings (SSSR count). The van der Waals surface area contributed by atoms with Crippen molar-refractivity contribution in [3.8, 4) is 0 Å². The molecular weight excluding hydrogens is 1110 g/mol. The molecule has 0 aromatic heterocycles. The normalized spacial score (nSPS) is 20.7. The molecule has 0 aromatic rings. The molecule has 4 unspecified atom stereocenters. The molecule has 0 spiro atoms. The highest BCUT2D eigenvalue weighted by Gasteiger charge is 2.70. The Morgan fingerprint density at radius 2 is 1.19 bits per heavy atom. The third-order valence-electron chi connectivity index (χ3n) is 10.5. The Kier molecular flexibility index (Phi) is 55.4. The molecule has 6 atom stereocenters. The molecule has 3 aliphatic heterocycles. The van der Waals surface area contributed by atoms with E-state index in [0.717, 1.165) is 31.6 Å². The number of hydrogen-bond donors (Lipinski definition) is 6. The van der Waals surface area contributed by atoms with Gasteiger partial charge in [-0.3, -0.25) is 19.5 Å². The van der Waals surface area contributed by atoms with E-state index in [1.807, 2.05) is 82.9 Å². The van der Waals surface area contributed by atoms with Gasteiger partial charge in [-0.15, -0.1) is 46.6 Å². The lowest BCUT2D eigenvalue weighted by atomic mass is 9.73. The minimum absolute atomic E-state index is 0.151. The molecule has 2 fully saturated rings. The fourth-order valence-electron chi connectivity index (χ4n) is 7.74. The first-order chi connectivity index (χ1) is 36.3. The summed E-state index contributed by atoms with van der Waals surface area (Å²) < 4.78 is 53.7. The lowest BCUT2D eigenvalue weighted by Crippen LogP contribution is -2.42. The van der Waals surface area contributed by atoms with Gasteiger partial charge in [-0.05, 0) is 108 Å². The number of rotatable bonds is 32. The Morgan fingerprint density at radius 3 is 1.61 bits per heavy atom. The lowest BCUT2D eigenvalue weighted by Gasteiger charge is -2.37. The highest BCUT2D eigenvalue weighted by Crippen LogP contribution is 2.58. The molecule has 432 valence electrons. The Hall–Kier alpha value is 1.40. The molecule has 13 nitrogen and oxygen atoms in total. The van der Waals surface area contributed by atoms with Crippen molar-refractivity contribution in [1.82, 2.24) is 14.2 Å². The number of hydrogen-bond acceptors (Lipinski definition) is 20.